The second-order valence-electron chi connectivity index (χ2n) is 7.29. The summed E-state index contributed by atoms with van der Waals surface area (Å²) in [6.45, 7) is 6.67. The maximum Gasteiger partial charge on any atom is 0.407 e. The van der Waals surface area contributed by atoms with Crippen LogP contribution in [-0.2, 0) is 6.54 Å². The predicted octanol–water partition coefficient (Wildman–Crippen LogP) is 1.26. The van der Waals surface area contributed by atoms with Gasteiger partial charge in [0.25, 0.3) is 0 Å². The highest BCUT2D eigenvalue weighted by Gasteiger charge is 2.52. The van der Waals surface area contributed by atoms with E-state index in [4.69, 9.17) is 5.73 Å². The predicted molar refractivity (Wildman–Crippen MR) is 88.7 cm³/mol. The van der Waals surface area contributed by atoms with E-state index in [0.29, 0.717) is 24.1 Å². The van der Waals surface area contributed by atoms with Crippen LogP contribution in [0.1, 0.15) is 33.6 Å². The lowest BCUT2D eigenvalue weighted by atomic mass is 9.71. The van der Waals surface area contributed by atoms with Crippen molar-refractivity contribution in [2.75, 3.05) is 12.3 Å². The highest BCUT2D eigenvalue weighted by Crippen LogP contribution is 2.45. The number of aromatic amines is 1. The van der Waals surface area contributed by atoms with Crippen LogP contribution in [0.15, 0.2) is 11.1 Å². The summed E-state index contributed by atoms with van der Waals surface area (Å²) < 4.78 is 1.47. The Labute approximate surface area is 138 Å². The number of nitrogens with two attached hydrogens (primary N) is 1. The molecule has 0 spiro atoms. The first-order valence-electron chi connectivity index (χ1n) is 7.87. The molecule has 0 bridgehead atoms. The van der Waals surface area contributed by atoms with Gasteiger partial charge in [-0.15, -0.1) is 0 Å². The Morgan fingerprint density at radius 2 is 2.17 bits per heavy atom. The van der Waals surface area contributed by atoms with E-state index in [1.54, 1.807) is 0 Å². The Morgan fingerprint density at radius 1 is 1.46 bits per heavy atom. The third-order valence-electron chi connectivity index (χ3n) is 5.12. The Morgan fingerprint density at radius 3 is 2.79 bits per heavy atom. The summed E-state index contributed by atoms with van der Waals surface area (Å²) >= 11 is 0. The molecule has 9 heteroatoms. The molecule has 1 fully saturated rings. The van der Waals surface area contributed by atoms with Crippen molar-refractivity contribution < 1.29 is 9.90 Å². The highest BCUT2D eigenvalue weighted by atomic mass is 16.4. The molecular weight excluding hydrogens is 312 g/mol. The maximum absolute atomic E-state index is 12.4. The van der Waals surface area contributed by atoms with E-state index in [1.165, 1.54) is 15.8 Å². The quantitative estimate of drug-likeness (QED) is 0.758. The van der Waals surface area contributed by atoms with Gasteiger partial charge in [-0.05, 0) is 18.3 Å². The van der Waals surface area contributed by atoms with Crippen molar-refractivity contribution in [1.82, 2.24) is 24.4 Å². The Kier molecular flexibility index (Phi) is 3.54. The molecule has 24 heavy (non-hydrogen) atoms. The number of anilines is 1. The third-order valence-corrected chi connectivity index (χ3v) is 5.12. The standard InChI is InChI=1S/C15H22N6O3/c1-14(2,3)15(5-4-6-21(15)13(23)24)7-20-11-9(19-12(20)22)10(16)17-8-18-11/h8H,4-7H2,1-3H3,(H,19,22)(H,23,24)(H2,16,17,18)/t15-/m1/s1. The molecule has 0 aliphatic carbocycles. The molecule has 9 nitrogen and oxygen atoms in total. The zero-order chi connectivity index (χ0) is 17.7. The minimum absolute atomic E-state index is 0.196. The van der Waals surface area contributed by atoms with E-state index in [9.17, 15) is 14.7 Å². The molecule has 0 saturated carbocycles. The average molecular weight is 334 g/mol. The number of carboxylic acid groups (broad SMARTS) is 1. The van der Waals surface area contributed by atoms with Crippen LogP contribution in [-0.4, -0.2) is 47.7 Å². The van der Waals surface area contributed by atoms with Crippen molar-refractivity contribution in [1.29, 1.82) is 0 Å². The minimum atomic E-state index is -0.968. The number of nitrogens with one attached hydrogen (secondary N) is 1. The first-order valence-corrected chi connectivity index (χ1v) is 7.87. The Hall–Kier alpha value is -2.58. The van der Waals surface area contributed by atoms with Crippen molar-refractivity contribution in [2.24, 2.45) is 5.41 Å². The van der Waals surface area contributed by atoms with Gasteiger partial charge < -0.3 is 20.7 Å². The SMILES string of the molecule is CC(C)(C)[C@]1(Cn2c(=O)[nH]c3c(N)ncnc32)CCCN1C(=O)O. The highest BCUT2D eigenvalue weighted by molar-refractivity contribution is 5.81. The smallest absolute Gasteiger partial charge is 0.407 e. The van der Waals surface area contributed by atoms with E-state index in [-0.39, 0.29) is 23.5 Å². The third kappa shape index (κ3) is 2.22. The average Bonchev–Trinajstić information content (AvgIpc) is 3.04. The molecule has 0 radical (unpaired) electrons. The lowest BCUT2D eigenvalue weighted by Crippen LogP contribution is -2.58. The van der Waals surface area contributed by atoms with Crippen LogP contribution in [0.5, 0.6) is 0 Å². The van der Waals surface area contributed by atoms with Gasteiger partial charge in [-0.1, -0.05) is 20.8 Å². The van der Waals surface area contributed by atoms with Crippen molar-refractivity contribution in [3.63, 3.8) is 0 Å². The molecule has 4 N–H and O–H groups in total. The van der Waals surface area contributed by atoms with Gasteiger partial charge in [0, 0.05) is 6.54 Å². The summed E-state index contributed by atoms with van der Waals surface area (Å²) in [5, 5.41) is 9.65. The topological polar surface area (TPSA) is 130 Å². The van der Waals surface area contributed by atoms with Gasteiger partial charge in [0.15, 0.2) is 11.5 Å². The van der Waals surface area contributed by atoms with Gasteiger partial charge in [0.1, 0.15) is 11.8 Å². The Balaban J connectivity index is 2.17. The molecule has 3 rings (SSSR count). The molecule has 0 unspecified atom stereocenters. The van der Waals surface area contributed by atoms with Gasteiger partial charge in [-0.2, -0.15) is 0 Å². The van der Waals surface area contributed by atoms with Crippen molar-refractivity contribution in [3.05, 3.63) is 16.8 Å². The van der Waals surface area contributed by atoms with Crippen LogP contribution in [0.3, 0.4) is 0 Å². The number of nitrogens with zero attached hydrogens (tertiary/aromatic N) is 4. The lowest BCUT2D eigenvalue weighted by Gasteiger charge is -2.47. The molecule has 130 valence electrons. The van der Waals surface area contributed by atoms with E-state index in [1.807, 2.05) is 20.8 Å². The van der Waals surface area contributed by atoms with E-state index in [2.05, 4.69) is 15.0 Å². The van der Waals surface area contributed by atoms with Crippen LogP contribution in [0.2, 0.25) is 0 Å². The first kappa shape index (κ1) is 16.3. The summed E-state index contributed by atoms with van der Waals surface area (Å²) in [6.07, 6.45) is 1.78. The number of rotatable bonds is 2. The van der Waals surface area contributed by atoms with Crippen LogP contribution in [0.25, 0.3) is 11.2 Å². The Bertz CT molecular complexity index is 849. The zero-order valence-corrected chi connectivity index (χ0v) is 14.0. The van der Waals surface area contributed by atoms with Crippen LogP contribution >= 0.6 is 0 Å². The van der Waals surface area contributed by atoms with Gasteiger partial charge >= 0.3 is 11.8 Å². The monoisotopic (exact) mass is 334 g/mol. The molecule has 1 atom stereocenters. The number of aromatic nitrogens is 4. The molecule has 0 aromatic carbocycles. The fourth-order valence-electron chi connectivity index (χ4n) is 3.73. The van der Waals surface area contributed by atoms with Gasteiger partial charge in [0.05, 0.1) is 12.1 Å². The number of likely N-dealkylation sites (tertiary alicyclic amines) is 1. The normalized spacial score (nSPS) is 21.5. The molecule has 1 aliphatic heterocycles. The number of amides is 1. The van der Waals surface area contributed by atoms with E-state index >= 15 is 0 Å². The summed E-state index contributed by atoms with van der Waals surface area (Å²) in [5.74, 6) is 0.196. The van der Waals surface area contributed by atoms with Gasteiger partial charge in [0.2, 0.25) is 0 Å². The second-order valence-corrected chi connectivity index (χ2v) is 7.29. The number of nitrogen functional groups attached to an aromatic ring is 1. The summed E-state index contributed by atoms with van der Waals surface area (Å²) in [4.78, 5) is 36.4. The molecular formula is C15H22N6O3. The van der Waals surface area contributed by atoms with E-state index in [0.717, 1.165) is 6.42 Å². The van der Waals surface area contributed by atoms with Crippen LogP contribution in [0.4, 0.5) is 10.6 Å². The molecule has 3 heterocycles. The molecule has 2 aromatic rings. The number of carbonyl (C=O) groups is 1. The number of hydrogen-bond acceptors (Lipinski definition) is 5. The minimum Gasteiger partial charge on any atom is -0.465 e. The first-order chi connectivity index (χ1) is 11.2. The van der Waals surface area contributed by atoms with Gasteiger partial charge in [-0.25, -0.2) is 19.6 Å². The number of imidazole rings is 1. The van der Waals surface area contributed by atoms with Crippen molar-refractivity contribution in [3.8, 4) is 0 Å². The van der Waals surface area contributed by atoms with Crippen LogP contribution < -0.4 is 11.4 Å². The fraction of sp³-hybridized carbons (Fsp3) is 0.600. The van der Waals surface area contributed by atoms with E-state index < -0.39 is 11.6 Å². The summed E-state index contributed by atoms with van der Waals surface area (Å²) in [5.41, 5.74) is 5.16. The zero-order valence-electron chi connectivity index (χ0n) is 14.0. The maximum atomic E-state index is 12.4. The number of fused-ring (bicyclic) bond motifs is 1. The molecule has 1 saturated heterocycles. The lowest BCUT2D eigenvalue weighted by molar-refractivity contribution is 0.0178. The van der Waals surface area contributed by atoms with Crippen molar-refractivity contribution in [2.45, 2.75) is 45.7 Å². The number of H-pyrrole nitrogens is 1. The largest absolute Gasteiger partial charge is 0.465 e. The fourth-order valence-corrected chi connectivity index (χ4v) is 3.73. The second kappa shape index (κ2) is 5.22. The van der Waals surface area contributed by atoms with Gasteiger partial charge in [-0.3, -0.25) is 4.57 Å². The number of hydrogen-bond donors (Lipinski definition) is 3. The van der Waals surface area contributed by atoms with Crippen molar-refractivity contribution >= 4 is 23.1 Å². The van der Waals surface area contributed by atoms with Crippen LogP contribution in [0, 0.1) is 5.41 Å². The summed E-state index contributed by atoms with van der Waals surface area (Å²) in [7, 11) is 0. The molecule has 1 aliphatic rings. The molecule has 1 amide bonds. The summed E-state index contributed by atoms with van der Waals surface area (Å²) in [6, 6.07) is 0. The molecule has 2 aromatic heterocycles.